The maximum Gasteiger partial charge on any atom is 0.114 e. The van der Waals surface area contributed by atoms with Crippen molar-refractivity contribution < 1.29 is 0 Å². The molecule has 230 valence electrons. The molecular formula is C45H40N2. The van der Waals surface area contributed by atoms with Gasteiger partial charge in [-0.05, 0) is 91.5 Å². The van der Waals surface area contributed by atoms with Crippen molar-refractivity contribution in [1.29, 1.82) is 0 Å². The molecule has 0 fully saturated rings. The Balaban J connectivity index is 1.38. The SMILES string of the molecule is C=Cc1c(/C=C\C)nc(CC(C)(C)C)n1-c1ccc(-c2c3ccccc3c(-c3ccc(-c4ccccc4)cc3)c3ccccc23)cc1. The van der Waals surface area contributed by atoms with Crippen LogP contribution in [0.15, 0.2) is 140 Å². The van der Waals surface area contributed by atoms with Crippen molar-refractivity contribution >= 4 is 33.7 Å². The Morgan fingerprint density at radius 2 is 1.04 bits per heavy atom. The molecule has 6 aromatic carbocycles. The minimum absolute atomic E-state index is 0.0934. The summed E-state index contributed by atoms with van der Waals surface area (Å²) in [4.78, 5) is 5.06. The molecule has 0 saturated carbocycles. The van der Waals surface area contributed by atoms with Crippen LogP contribution in [-0.4, -0.2) is 9.55 Å². The van der Waals surface area contributed by atoms with Gasteiger partial charge in [-0.3, -0.25) is 4.57 Å². The number of nitrogens with zero attached hydrogens (tertiary/aromatic N) is 2. The fraction of sp³-hybridized carbons (Fsp3) is 0.133. The molecule has 0 radical (unpaired) electrons. The molecule has 0 aliphatic rings. The molecule has 0 unspecified atom stereocenters. The van der Waals surface area contributed by atoms with E-state index in [0.717, 1.165) is 29.3 Å². The van der Waals surface area contributed by atoms with Gasteiger partial charge < -0.3 is 0 Å². The van der Waals surface area contributed by atoms with Gasteiger partial charge in [0.2, 0.25) is 0 Å². The van der Waals surface area contributed by atoms with E-state index in [9.17, 15) is 0 Å². The fourth-order valence-corrected chi connectivity index (χ4v) is 6.84. The Bertz CT molecular complexity index is 2180. The average Bonchev–Trinajstić information content (AvgIpc) is 3.42. The normalized spacial score (nSPS) is 11.9. The number of hydrogen-bond donors (Lipinski definition) is 0. The largest absolute Gasteiger partial charge is 0.296 e. The molecule has 0 amide bonds. The molecule has 7 aromatic rings. The van der Waals surface area contributed by atoms with Crippen LogP contribution in [0.3, 0.4) is 0 Å². The third-order valence-corrected chi connectivity index (χ3v) is 8.84. The Morgan fingerprint density at radius 1 is 0.596 bits per heavy atom. The second kappa shape index (κ2) is 12.4. The smallest absolute Gasteiger partial charge is 0.114 e. The second-order valence-corrected chi connectivity index (χ2v) is 13.4. The zero-order chi connectivity index (χ0) is 32.5. The fourth-order valence-electron chi connectivity index (χ4n) is 6.84. The summed E-state index contributed by atoms with van der Waals surface area (Å²) in [5.41, 5.74) is 10.6. The zero-order valence-electron chi connectivity index (χ0n) is 27.7. The molecule has 2 heteroatoms. The molecule has 0 saturated heterocycles. The number of imidazole rings is 1. The van der Waals surface area contributed by atoms with Gasteiger partial charge >= 0.3 is 0 Å². The van der Waals surface area contributed by atoms with E-state index >= 15 is 0 Å². The maximum atomic E-state index is 5.06. The van der Waals surface area contributed by atoms with Crippen LogP contribution in [0.5, 0.6) is 0 Å². The summed E-state index contributed by atoms with van der Waals surface area (Å²) in [6, 6.07) is 46.3. The summed E-state index contributed by atoms with van der Waals surface area (Å²) in [5.74, 6) is 1.05. The van der Waals surface area contributed by atoms with Crippen molar-refractivity contribution in [3.63, 3.8) is 0 Å². The molecule has 0 atom stereocenters. The Hall–Kier alpha value is -5.47. The van der Waals surface area contributed by atoms with Gasteiger partial charge in [0.25, 0.3) is 0 Å². The molecule has 0 spiro atoms. The van der Waals surface area contributed by atoms with Crippen LogP contribution in [0, 0.1) is 5.41 Å². The minimum atomic E-state index is 0.0934. The first kappa shape index (κ1) is 30.2. The molecule has 7 rings (SSSR count). The van der Waals surface area contributed by atoms with Crippen molar-refractivity contribution in [2.75, 3.05) is 0 Å². The van der Waals surface area contributed by atoms with Crippen molar-refractivity contribution in [2.24, 2.45) is 5.41 Å². The highest BCUT2D eigenvalue weighted by Crippen LogP contribution is 2.44. The van der Waals surface area contributed by atoms with E-state index in [-0.39, 0.29) is 5.41 Å². The van der Waals surface area contributed by atoms with Gasteiger partial charge in [-0.2, -0.15) is 0 Å². The molecule has 1 heterocycles. The summed E-state index contributed by atoms with van der Waals surface area (Å²) in [5, 5.41) is 5.01. The third kappa shape index (κ3) is 5.72. The van der Waals surface area contributed by atoms with Crippen LogP contribution in [0.4, 0.5) is 0 Å². The van der Waals surface area contributed by atoms with Crippen LogP contribution in [0.2, 0.25) is 0 Å². The molecule has 0 aliphatic heterocycles. The van der Waals surface area contributed by atoms with Gasteiger partial charge in [0, 0.05) is 12.1 Å². The summed E-state index contributed by atoms with van der Waals surface area (Å²) >= 11 is 0. The van der Waals surface area contributed by atoms with Crippen molar-refractivity contribution in [2.45, 2.75) is 34.1 Å². The van der Waals surface area contributed by atoms with E-state index in [0.29, 0.717) is 0 Å². The number of benzene rings is 6. The number of fused-ring (bicyclic) bond motifs is 2. The first-order valence-electron chi connectivity index (χ1n) is 16.4. The van der Waals surface area contributed by atoms with Crippen LogP contribution < -0.4 is 0 Å². The lowest BCUT2D eigenvalue weighted by molar-refractivity contribution is 0.398. The second-order valence-electron chi connectivity index (χ2n) is 13.4. The molecule has 47 heavy (non-hydrogen) atoms. The van der Waals surface area contributed by atoms with Gasteiger partial charge in [-0.1, -0.05) is 149 Å². The summed E-state index contributed by atoms with van der Waals surface area (Å²) in [6.07, 6.45) is 6.90. The van der Waals surface area contributed by atoms with E-state index in [2.05, 4.69) is 165 Å². The molecule has 2 nitrogen and oxygen atoms in total. The zero-order valence-corrected chi connectivity index (χ0v) is 27.7. The van der Waals surface area contributed by atoms with E-state index in [1.165, 1.54) is 54.9 Å². The van der Waals surface area contributed by atoms with E-state index in [1.54, 1.807) is 0 Å². The molecule has 0 aliphatic carbocycles. The number of aromatic nitrogens is 2. The predicted molar refractivity (Wildman–Crippen MR) is 203 cm³/mol. The van der Waals surface area contributed by atoms with Crippen LogP contribution in [0.1, 0.15) is 44.9 Å². The quantitative estimate of drug-likeness (QED) is 0.165. The summed E-state index contributed by atoms with van der Waals surface area (Å²) < 4.78 is 2.27. The highest BCUT2D eigenvalue weighted by molar-refractivity contribution is 6.21. The Morgan fingerprint density at radius 3 is 1.51 bits per heavy atom. The minimum Gasteiger partial charge on any atom is -0.296 e. The lowest BCUT2D eigenvalue weighted by Gasteiger charge is -2.20. The van der Waals surface area contributed by atoms with Gasteiger partial charge in [-0.25, -0.2) is 4.98 Å². The highest BCUT2D eigenvalue weighted by atomic mass is 15.1. The molecular weight excluding hydrogens is 569 g/mol. The lowest BCUT2D eigenvalue weighted by Crippen LogP contribution is -2.14. The van der Waals surface area contributed by atoms with E-state index in [1.807, 2.05) is 19.1 Å². The van der Waals surface area contributed by atoms with E-state index < -0.39 is 0 Å². The van der Waals surface area contributed by atoms with Crippen molar-refractivity contribution in [1.82, 2.24) is 9.55 Å². The summed E-state index contributed by atoms with van der Waals surface area (Å²) in [6.45, 7) is 13.0. The average molecular weight is 609 g/mol. The first-order chi connectivity index (χ1) is 22.9. The molecule has 0 N–H and O–H groups in total. The standard InChI is InChI=1S/C45H40N2/c1-6-15-40-41(7-2)47(42(46-40)30-45(3,4)5)35-28-26-34(27-29-35)44-38-20-13-11-18-36(38)43(37-19-12-14-21-39(37)44)33-24-22-32(23-25-33)31-16-9-8-10-17-31/h6-29H,2,30H2,1,3-5H3/b15-6-. The third-order valence-electron chi connectivity index (χ3n) is 8.84. The first-order valence-corrected chi connectivity index (χ1v) is 16.4. The van der Waals surface area contributed by atoms with Gasteiger partial charge in [0.05, 0.1) is 11.4 Å². The molecule has 0 bridgehead atoms. The lowest BCUT2D eigenvalue weighted by atomic mass is 9.85. The number of rotatable bonds is 7. The van der Waals surface area contributed by atoms with Crippen molar-refractivity contribution in [3.05, 3.63) is 157 Å². The topological polar surface area (TPSA) is 17.8 Å². The van der Waals surface area contributed by atoms with Gasteiger partial charge in [0.1, 0.15) is 5.82 Å². The van der Waals surface area contributed by atoms with Crippen molar-refractivity contribution in [3.8, 4) is 39.1 Å². The van der Waals surface area contributed by atoms with Crippen LogP contribution in [0.25, 0.3) is 72.8 Å². The number of hydrogen-bond acceptors (Lipinski definition) is 1. The Kier molecular flexibility index (Phi) is 7.95. The molecule has 1 aromatic heterocycles. The number of allylic oxidation sites excluding steroid dienone is 1. The van der Waals surface area contributed by atoms with Gasteiger partial charge in [-0.15, -0.1) is 0 Å². The maximum absolute atomic E-state index is 5.06. The van der Waals surface area contributed by atoms with Gasteiger partial charge in [0.15, 0.2) is 0 Å². The van der Waals surface area contributed by atoms with Crippen LogP contribution in [-0.2, 0) is 6.42 Å². The predicted octanol–water partition coefficient (Wildman–Crippen LogP) is 12.4. The monoisotopic (exact) mass is 608 g/mol. The van der Waals surface area contributed by atoms with E-state index in [4.69, 9.17) is 4.98 Å². The van der Waals surface area contributed by atoms with Crippen LogP contribution >= 0.6 is 0 Å². The Labute approximate surface area is 278 Å². The highest BCUT2D eigenvalue weighted by Gasteiger charge is 2.21. The summed E-state index contributed by atoms with van der Waals surface area (Å²) in [7, 11) is 0.